The zero-order chi connectivity index (χ0) is 16.3. The van der Waals surface area contributed by atoms with Gasteiger partial charge < -0.3 is 10.2 Å². The third-order valence-electron chi connectivity index (χ3n) is 3.94. The summed E-state index contributed by atoms with van der Waals surface area (Å²) in [6, 6.07) is 9.15. The van der Waals surface area contributed by atoms with Crippen molar-refractivity contribution >= 4 is 17.5 Å². The average Bonchev–Trinajstić information content (AvgIpc) is 2.50. The second-order valence-electron chi connectivity index (χ2n) is 6.23. The van der Waals surface area contributed by atoms with E-state index in [9.17, 15) is 9.59 Å². The van der Waals surface area contributed by atoms with Crippen molar-refractivity contribution in [3.05, 3.63) is 29.8 Å². The summed E-state index contributed by atoms with van der Waals surface area (Å²) in [5.74, 6) is -0.517. The summed E-state index contributed by atoms with van der Waals surface area (Å²) in [4.78, 5) is 26.4. The molecule has 1 atom stereocenters. The molecule has 2 amide bonds. The van der Waals surface area contributed by atoms with E-state index >= 15 is 0 Å². The number of piperidine rings is 1. The SMILES string of the molecule is Cc1ccc(N2CCCC(NC(=O)C(C)(C)C#N)C2=O)cc1. The van der Waals surface area contributed by atoms with Gasteiger partial charge >= 0.3 is 0 Å². The number of hydrogen-bond donors (Lipinski definition) is 1. The molecule has 1 aliphatic rings. The van der Waals surface area contributed by atoms with Gasteiger partial charge in [0.15, 0.2) is 0 Å². The van der Waals surface area contributed by atoms with Crippen LogP contribution in [0, 0.1) is 23.7 Å². The van der Waals surface area contributed by atoms with Crippen LogP contribution >= 0.6 is 0 Å². The van der Waals surface area contributed by atoms with Crippen molar-refractivity contribution in [1.29, 1.82) is 5.26 Å². The molecule has 5 heteroatoms. The van der Waals surface area contributed by atoms with Crippen molar-refractivity contribution in [3.8, 4) is 6.07 Å². The van der Waals surface area contributed by atoms with Crippen molar-refractivity contribution < 1.29 is 9.59 Å². The number of benzene rings is 1. The molecule has 1 aromatic rings. The standard InChI is InChI=1S/C17H21N3O2/c1-12-6-8-13(9-7-12)20-10-4-5-14(15(20)21)19-16(22)17(2,3)11-18/h6-9,14H,4-5,10H2,1-3H3,(H,19,22). The van der Waals surface area contributed by atoms with E-state index in [2.05, 4.69) is 5.32 Å². The van der Waals surface area contributed by atoms with Crippen LogP contribution in [0.1, 0.15) is 32.3 Å². The van der Waals surface area contributed by atoms with Gasteiger partial charge in [0, 0.05) is 12.2 Å². The predicted octanol–water partition coefficient (Wildman–Crippen LogP) is 2.16. The van der Waals surface area contributed by atoms with Gasteiger partial charge in [-0.15, -0.1) is 0 Å². The van der Waals surface area contributed by atoms with Crippen molar-refractivity contribution in [1.82, 2.24) is 5.32 Å². The minimum Gasteiger partial charge on any atom is -0.343 e. The van der Waals surface area contributed by atoms with Gasteiger partial charge in [0.2, 0.25) is 11.8 Å². The fraction of sp³-hybridized carbons (Fsp3) is 0.471. The summed E-state index contributed by atoms with van der Waals surface area (Å²) in [5.41, 5.74) is 0.842. The Bertz CT molecular complexity index is 614. The molecule has 0 radical (unpaired) electrons. The number of carbonyl (C=O) groups is 2. The number of nitrogens with zero attached hydrogens (tertiary/aromatic N) is 2. The van der Waals surface area contributed by atoms with Crippen LogP contribution in [0.25, 0.3) is 0 Å². The van der Waals surface area contributed by atoms with Gasteiger partial charge in [-0.3, -0.25) is 9.59 Å². The molecule has 2 rings (SSSR count). The molecule has 1 heterocycles. The zero-order valence-electron chi connectivity index (χ0n) is 13.2. The molecule has 1 aliphatic heterocycles. The summed E-state index contributed by atoms with van der Waals surface area (Å²) in [7, 11) is 0. The number of carbonyl (C=O) groups excluding carboxylic acids is 2. The Morgan fingerprint density at radius 3 is 2.59 bits per heavy atom. The number of nitrogens with one attached hydrogen (secondary N) is 1. The molecule has 0 saturated carbocycles. The van der Waals surface area contributed by atoms with Crippen molar-refractivity contribution in [2.45, 2.75) is 39.7 Å². The fourth-order valence-electron chi connectivity index (χ4n) is 2.38. The first-order valence-electron chi connectivity index (χ1n) is 7.45. The molecule has 0 aromatic heterocycles. The van der Waals surface area contributed by atoms with Crippen LogP contribution in [0.5, 0.6) is 0 Å². The van der Waals surface area contributed by atoms with Gasteiger partial charge in [0.05, 0.1) is 6.07 Å². The number of nitriles is 1. The summed E-state index contributed by atoms with van der Waals surface area (Å²) >= 11 is 0. The minimum absolute atomic E-state index is 0.114. The van der Waals surface area contributed by atoms with Gasteiger partial charge in [-0.2, -0.15) is 5.26 Å². The van der Waals surface area contributed by atoms with E-state index in [4.69, 9.17) is 5.26 Å². The Morgan fingerprint density at radius 1 is 1.36 bits per heavy atom. The molecule has 116 valence electrons. The lowest BCUT2D eigenvalue weighted by Crippen LogP contribution is -2.54. The molecule has 0 bridgehead atoms. The largest absolute Gasteiger partial charge is 0.343 e. The molecular formula is C17H21N3O2. The molecule has 0 spiro atoms. The highest BCUT2D eigenvalue weighted by atomic mass is 16.2. The van der Waals surface area contributed by atoms with E-state index < -0.39 is 17.4 Å². The molecule has 1 unspecified atom stereocenters. The predicted molar refractivity (Wildman–Crippen MR) is 84.1 cm³/mol. The number of amides is 2. The first-order valence-corrected chi connectivity index (χ1v) is 7.45. The van der Waals surface area contributed by atoms with Crippen LogP contribution < -0.4 is 10.2 Å². The van der Waals surface area contributed by atoms with Gasteiger partial charge in [-0.05, 0) is 45.7 Å². The fourth-order valence-corrected chi connectivity index (χ4v) is 2.38. The Labute approximate surface area is 130 Å². The monoisotopic (exact) mass is 299 g/mol. The maximum absolute atomic E-state index is 12.6. The van der Waals surface area contributed by atoms with Crippen LogP contribution in [0.4, 0.5) is 5.69 Å². The van der Waals surface area contributed by atoms with E-state index in [1.165, 1.54) is 0 Å². The third kappa shape index (κ3) is 3.28. The maximum atomic E-state index is 12.6. The van der Waals surface area contributed by atoms with Crippen LogP contribution in [0.15, 0.2) is 24.3 Å². The maximum Gasteiger partial charge on any atom is 0.249 e. The molecule has 0 aliphatic carbocycles. The topological polar surface area (TPSA) is 73.2 Å². The van der Waals surface area contributed by atoms with E-state index in [1.54, 1.807) is 18.7 Å². The average molecular weight is 299 g/mol. The zero-order valence-corrected chi connectivity index (χ0v) is 13.2. The smallest absolute Gasteiger partial charge is 0.249 e. The lowest BCUT2D eigenvalue weighted by atomic mass is 9.93. The molecular weight excluding hydrogens is 278 g/mol. The summed E-state index contributed by atoms with van der Waals surface area (Å²) < 4.78 is 0. The highest BCUT2D eigenvalue weighted by Crippen LogP contribution is 2.22. The number of anilines is 1. The number of aryl methyl sites for hydroxylation is 1. The first kappa shape index (κ1) is 16.0. The number of hydrogen-bond acceptors (Lipinski definition) is 3. The van der Waals surface area contributed by atoms with E-state index in [0.717, 1.165) is 17.7 Å². The molecule has 1 aromatic carbocycles. The Hall–Kier alpha value is -2.35. The summed E-state index contributed by atoms with van der Waals surface area (Å²) in [6.07, 6.45) is 1.42. The lowest BCUT2D eigenvalue weighted by Gasteiger charge is -2.33. The van der Waals surface area contributed by atoms with Crippen LogP contribution in [-0.4, -0.2) is 24.4 Å². The van der Waals surface area contributed by atoms with E-state index in [-0.39, 0.29) is 5.91 Å². The van der Waals surface area contributed by atoms with Gasteiger partial charge in [-0.1, -0.05) is 17.7 Å². The number of rotatable bonds is 3. The molecule has 1 saturated heterocycles. The minimum atomic E-state index is -1.13. The van der Waals surface area contributed by atoms with E-state index in [1.807, 2.05) is 37.3 Å². The van der Waals surface area contributed by atoms with Gasteiger partial charge in [0.25, 0.3) is 0 Å². The lowest BCUT2D eigenvalue weighted by molar-refractivity contribution is -0.132. The van der Waals surface area contributed by atoms with Crippen molar-refractivity contribution in [2.75, 3.05) is 11.4 Å². The normalized spacial score (nSPS) is 18.7. The summed E-state index contributed by atoms with van der Waals surface area (Å²) in [6.45, 7) is 5.74. The highest BCUT2D eigenvalue weighted by molar-refractivity contribution is 6.00. The molecule has 1 N–H and O–H groups in total. The Kier molecular flexibility index (Phi) is 4.51. The van der Waals surface area contributed by atoms with Crippen molar-refractivity contribution in [3.63, 3.8) is 0 Å². The van der Waals surface area contributed by atoms with Crippen LogP contribution in [0.3, 0.4) is 0 Å². The Balaban J connectivity index is 2.12. The highest BCUT2D eigenvalue weighted by Gasteiger charge is 2.35. The molecule has 1 fully saturated rings. The van der Waals surface area contributed by atoms with Gasteiger partial charge in [0.1, 0.15) is 11.5 Å². The quantitative estimate of drug-likeness (QED) is 0.929. The third-order valence-corrected chi connectivity index (χ3v) is 3.94. The second-order valence-corrected chi connectivity index (χ2v) is 6.23. The summed E-state index contributed by atoms with van der Waals surface area (Å²) in [5, 5.41) is 11.7. The van der Waals surface area contributed by atoms with Gasteiger partial charge in [-0.25, -0.2) is 0 Å². The molecule has 22 heavy (non-hydrogen) atoms. The van der Waals surface area contributed by atoms with Crippen LogP contribution in [-0.2, 0) is 9.59 Å². The first-order chi connectivity index (χ1) is 10.3. The van der Waals surface area contributed by atoms with E-state index in [0.29, 0.717) is 13.0 Å². The van der Waals surface area contributed by atoms with Crippen LogP contribution in [0.2, 0.25) is 0 Å². The Morgan fingerprint density at radius 2 is 2.00 bits per heavy atom. The second kappa shape index (κ2) is 6.18. The van der Waals surface area contributed by atoms with Crippen molar-refractivity contribution in [2.24, 2.45) is 5.41 Å². The molecule has 5 nitrogen and oxygen atoms in total.